The summed E-state index contributed by atoms with van der Waals surface area (Å²) in [6.45, 7) is 4.15. The summed E-state index contributed by atoms with van der Waals surface area (Å²) in [5, 5.41) is 0. The molecule has 0 aliphatic carbocycles. The number of hydrogen-bond donors (Lipinski definition) is 1. The SMILES string of the molecule is CCN(CC1CCCO1)C(=O)C(N)Cc1ccccc1. The molecule has 1 aliphatic rings. The molecule has 0 spiro atoms. The van der Waals surface area contributed by atoms with Crippen LogP contribution in [0.5, 0.6) is 0 Å². The Morgan fingerprint density at radius 3 is 2.80 bits per heavy atom. The maximum Gasteiger partial charge on any atom is 0.239 e. The van der Waals surface area contributed by atoms with Crippen molar-refractivity contribution < 1.29 is 9.53 Å². The van der Waals surface area contributed by atoms with E-state index in [1.54, 1.807) is 0 Å². The summed E-state index contributed by atoms with van der Waals surface area (Å²) in [6, 6.07) is 9.44. The molecule has 2 unspecified atom stereocenters. The molecule has 2 rings (SSSR count). The van der Waals surface area contributed by atoms with E-state index in [4.69, 9.17) is 10.5 Å². The van der Waals surface area contributed by atoms with Gasteiger partial charge in [-0.1, -0.05) is 30.3 Å². The molecule has 1 aromatic carbocycles. The third kappa shape index (κ3) is 4.05. The lowest BCUT2D eigenvalue weighted by Gasteiger charge is -2.26. The molecule has 1 heterocycles. The van der Waals surface area contributed by atoms with Gasteiger partial charge in [0, 0.05) is 19.7 Å². The normalized spacial score (nSPS) is 19.8. The largest absolute Gasteiger partial charge is 0.376 e. The fourth-order valence-electron chi connectivity index (χ4n) is 2.60. The maximum absolute atomic E-state index is 12.4. The van der Waals surface area contributed by atoms with Crippen molar-refractivity contribution >= 4 is 5.91 Å². The number of benzene rings is 1. The van der Waals surface area contributed by atoms with Gasteiger partial charge in [-0.2, -0.15) is 0 Å². The summed E-state index contributed by atoms with van der Waals surface area (Å²) in [5.74, 6) is 0.0202. The van der Waals surface area contributed by atoms with Crippen LogP contribution in [0, 0.1) is 0 Å². The highest BCUT2D eigenvalue weighted by Gasteiger charge is 2.25. The van der Waals surface area contributed by atoms with Gasteiger partial charge in [0.25, 0.3) is 0 Å². The number of rotatable bonds is 6. The van der Waals surface area contributed by atoms with Crippen molar-refractivity contribution in [2.24, 2.45) is 5.73 Å². The van der Waals surface area contributed by atoms with Crippen LogP contribution in [0.3, 0.4) is 0 Å². The first-order valence-corrected chi connectivity index (χ1v) is 7.40. The Kier molecular flexibility index (Phi) is 5.56. The van der Waals surface area contributed by atoms with Gasteiger partial charge in [0.05, 0.1) is 12.1 Å². The van der Waals surface area contributed by atoms with Gasteiger partial charge in [-0.15, -0.1) is 0 Å². The minimum Gasteiger partial charge on any atom is -0.376 e. The molecule has 1 aliphatic heterocycles. The lowest BCUT2D eigenvalue weighted by atomic mass is 10.1. The summed E-state index contributed by atoms with van der Waals surface area (Å²) in [7, 11) is 0. The highest BCUT2D eigenvalue weighted by molar-refractivity contribution is 5.82. The molecule has 0 radical (unpaired) electrons. The van der Waals surface area contributed by atoms with E-state index in [0.717, 1.165) is 25.0 Å². The predicted octanol–water partition coefficient (Wildman–Crippen LogP) is 1.58. The highest BCUT2D eigenvalue weighted by Crippen LogP contribution is 2.14. The van der Waals surface area contributed by atoms with Gasteiger partial charge in [0.1, 0.15) is 0 Å². The average molecular weight is 276 g/mol. The molecule has 20 heavy (non-hydrogen) atoms. The molecular formula is C16H24N2O2. The Hall–Kier alpha value is -1.39. The fourth-order valence-corrected chi connectivity index (χ4v) is 2.60. The molecule has 0 aromatic heterocycles. The molecule has 2 atom stereocenters. The molecule has 2 N–H and O–H groups in total. The molecule has 4 nitrogen and oxygen atoms in total. The number of carbonyl (C=O) groups is 1. The number of carbonyl (C=O) groups excluding carboxylic acids is 1. The number of amides is 1. The lowest BCUT2D eigenvalue weighted by Crippen LogP contribution is -2.47. The highest BCUT2D eigenvalue weighted by atomic mass is 16.5. The van der Waals surface area contributed by atoms with E-state index >= 15 is 0 Å². The van der Waals surface area contributed by atoms with Crippen LogP contribution >= 0.6 is 0 Å². The Morgan fingerprint density at radius 1 is 1.45 bits per heavy atom. The first kappa shape index (κ1) is 15.0. The predicted molar refractivity (Wildman–Crippen MR) is 79.3 cm³/mol. The quantitative estimate of drug-likeness (QED) is 0.858. The van der Waals surface area contributed by atoms with E-state index in [1.165, 1.54) is 0 Å². The van der Waals surface area contributed by atoms with Gasteiger partial charge in [-0.25, -0.2) is 0 Å². The smallest absolute Gasteiger partial charge is 0.239 e. The molecule has 1 amide bonds. The zero-order chi connectivity index (χ0) is 14.4. The van der Waals surface area contributed by atoms with E-state index in [2.05, 4.69) is 0 Å². The van der Waals surface area contributed by atoms with Crippen LogP contribution in [-0.4, -0.2) is 42.6 Å². The van der Waals surface area contributed by atoms with Crippen molar-refractivity contribution in [2.45, 2.75) is 38.3 Å². The third-order valence-electron chi connectivity index (χ3n) is 3.76. The lowest BCUT2D eigenvalue weighted by molar-refractivity contribution is -0.133. The topological polar surface area (TPSA) is 55.6 Å². The summed E-state index contributed by atoms with van der Waals surface area (Å²) in [6.07, 6.45) is 2.90. The molecular weight excluding hydrogens is 252 g/mol. The number of likely N-dealkylation sites (N-methyl/N-ethyl adjacent to an activating group) is 1. The number of nitrogens with two attached hydrogens (primary N) is 1. The van der Waals surface area contributed by atoms with Crippen molar-refractivity contribution in [1.82, 2.24) is 4.90 Å². The zero-order valence-electron chi connectivity index (χ0n) is 12.1. The Bertz CT molecular complexity index is 416. The second-order valence-corrected chi connectivity index (χ2v) is 5.31. The zero-order valence-corrected chi connectivity index (χ0v) is 12.1. The first-order valence-electron chi connectivity index (χ1n) is 7.40. The van der Waals surface area contributed by atoms with Gasteiger partial charge in [0.15, 0.2) is 0 Å². The first-order chi connectivity index (χ1) is 9.70. The summed E-state index contributed by atoms with van der Waals surface area (Å²) >= 11 is 0. The molecule has 1 aromatic rings. The summed E-state index contributed by atoms with van der Waals surface area (Å²) in [5.41, 5.74) is 7.17. The standard InChI is InChI=1S/C16H24N2O2/c1-2-18(12-14-9-6-10-20-14)16(19)15(17)11-13-7-4-3-5-8-13/h3-5,7-8,14-15H,2,6,9-12,17H2,1H3. The molecule has 110 valence electrons. The second kappa shape index (κ2) is 7.41. The number of hydrogen-bond acceptors (Lipinski definition) is 3. The maximum atomic E-state index is 12.4. The Morgan fingerprint density at radius 2 is 2.20 bits per heavy atom. The summed E-state index contributed by atoms with van der Waals surface area (Å²) < 4.78 is 5.60. The van der Waals surface area contributed by atoms with Crippen LogP contribution in [0.4, 0.5) is 0 Å². The molecule has 4 heteroatoms. The van der Waals surface area contributed by atoms with Crippen LogP contribution in [0.1, 0.15) is 25.3 Å². The van der Waals surface area contributed by atoms with Crippen molar-refractivity contribution in [2.75, 3.05) is 19.7 Å². The van der Waals surface area contributed by atoms with Gasteiger partial charge in [0.2, 0.25) is 5.91 Å². The second-order valence-electron chi connectivity index (χ2n) is 5.31. The van der Waals surface area contributed by atoms with Crippen LogP contribution in [0.15, 0.2) is 30.3 Å². The average Bonchev–Trinajstić information content (AvgIpc) is 2.98. The van der Waals surface area contributed by atoms with Crippen LogP contribution in [-0.2, 0) is 16.0 Å². The van der Waals surface area contributed by atoms with Crippen LogP contribution < -0.4 is 5.73 Å². The van der Waals surface area contributed by atoms with Crippen molar-refractivity contribution in [1.29, 1.82) is 0 Å². The molecule has 1 saturated heterocycles. The van der Waals surface area contributed by atoms with Crippen molar-refractivity contribution in [3.05, 3.63) is 35.9 Å². The van der Waals surface area contributed by atoms with E-state index in [0.29, 0.717) is 19.5 Å². The van der Waals surface area contributed by atoms with Gasteiger partial charge in [-0.05, 0) is 31.7 Å². The fraction of sp³-hybridized carbons (Fsp3) is 0.562. The number of nitrogens with zero attached hydrogens (tertiary/aromatic N) is 1. The summed E-state index contributed by atoms with van der Waals surface area (Å²) in [4.78, 5) is 14.2. The van der Waals surface area contributed by atoms with E-state index in [1.807, 2.05) is 42.2 Å². The van der Waals surface area contributed by atoms with Gasteiger partial charge in [-0.3, -0.25) is 4.79 Å². The third-order valence-corrected chi connectivity index (χ3v) is 3.76. The number of ether oxygens (including phenoxy) is 1. The van der Waals surface area contributed by atoms with Crippen LogP contribution in [0.25, 0.3) is 0 Å². The minimum atomic E-state index is -0.473. The van der Waals surface area contributed by atoms with E-state index < -0.39 is 6.04 Å². The Balaban J connectivity index is 1.89. The monoisotopic (exact) mass is 276 g/mol. The molecule has 0 saturated carbocycles. The van der Waals surface area contributed by atoms with Crippen molar-refractivity contribution in [3.8, 4) is 0 Å². The minimum absolute atomic E-state index is 0.0202. The van der Waals surface area contributed by atoms with Gasteiger partial charge >= 0.3 is 0 Å². The van der Waals surface area contributed by atoms with E-state index in [-0.39, 0.29) is 12.0 Å². The van der Waals surface area contributed by atoms with Crippen molar-refractivity contribution in [3.63, 3.8) is 0 Å². The van der Waals surface area contributed by atoms with E-state index in [9.17, 15) is 4.79 Å². The van der Waals surface area contributed by atoms with Crippen LogP contribution in [0.2, 0.25) is 0 Å². The molecule has 0 bridgehead atoms. The van der Waals surface area contributed by atoms with Gasteiger partial charge < -0.3 is 15.4 Å². The Labute approximate surface area is 120 Å². The molecule has 1 fully saturated rings.